The van der Waals surface area contributed by atoms with Crippen molar-refractivity contribution in [2.75, 3.05) is 42.1 Å². The lowest BCUT2D eigenvalue weighted by molar-refractivity contribution is -0.113. The van der Waals surface area contributed by atoms with Crippen molar-refractivity contribution in [3.05, 3.63) is 53.0 Å². The smallest absolute Gasteiger partial charge is 0.277 e. The molecule has 35 heavy (non-hydrogen) atoms. The number of amides is 1. The first-order chi connectivity index (χ1) is 17.2. The summed E-state index contributed by atoms with van der Waals surface area (Å²) in [6.45, 7) is 4.14. The van der Waals surface area contributed by atoms with E-state index in [-0.39, 0.29) is 11.7 Å². The van der Waals surface area contributed by atoms with Gasteiger partial charge in [0, 0.05) is 42.3 Å². The maximum Gasteiger partial charge on any atom is 0.277 e. The Morgan fingerprint density at radius 1 is 1.03 bits per heavy atom. The minimum absolute atomic E-state index is 0.0921. The number of rotatable bonds is 7. The summed E-state index contributed by atoms with van der Waals surface area (Å²) in [4.78, 5) is 17.8. The van der Waals surface area contributed by atoms with Gasteiger partial charge in [0.1, 0.15) is 0 Å². The Labute approximate surface area is 218 Å². The molecular formula is C26H30BrN5O2S. The number of halogens is 1. The molecule has 2 aliphatic rings. The molecule has 0 bridgehead atoms. The number of hydrogen-bond donors (Lipinski definition) is 1. The van der Waals surface area contributed by atoms with Crippen LogP contribution in [-0.4, -0.2) is 59.0 Å². The van der Waals surface area contributed by atoms with E-state index in [9.17, 15) is 4.79 Å². The van der Waals surface area contributed by atoms with Crippen molar-refractivity contribution >= 4 is 45.0 Å². The third-order valence-corrected chi connectivity index (χ3v) is 8.04. The second-order valence-corrected chi connectivity index (χ2v) is 10.9. The molecule has 1 saturated carbocycles. The molecule has 2 fully saturated rings. The van der Waals surface area contributed by atoms with Crippen LogP contribution in [0.15, 0.2) is 62.6 Å². The average Bonchev–Trinajstić information content (AvgIpc) is 3.38. The Morgan fingerprint density at radius 2 is 1.83 bits per heavy atom. The van der Waals surface area contributed by atoms with E-state index in [0.717, 1.165) is 53.6 Å². The van der Waals surface area contributed by atoms with Crippen molar-refractivity contribution in [3.8, 4) is 11.5 Å². The molecule has 1 amide bonds. The van der Waals surface area contributed by atoms with E-state index in [0.29, 0.717) is 11.1 Å². The van der Waals surface area contributed by atoms with Crippen molar-refractivity contribution in [2.45, 2.75) is 43.4 Å². The molecule has 9 heteroatoms. The van der Waals surface area contributed by atoms with Crippen LogP contribution in [-0.2, 0) is 4.79 Å². The van der Waals surface area contributed by atoms with E-state index in [4.69, 9.17) is 4.42 Å². The molecule has 0 unspecified atom stereocenters. The zero-order valence-corrected chi connectivity index (χ0v) is 22.1. The van der Waals surface area contributed by atoms with E-state index in [2.05, 4.69) is 47.3 Å². The van der Waals surface area contributed by atoms with Crippen LogP contribution in [0.5, 0.6) is 0 Å². The van der Waals surface area contributed by atoms with Gasteiger partial charge in [-0.2, -0.15) is 0 Å². The first-order valence-electron chi connectivity index (χ1n) is 12.3. The highest BCUT2D eigenvalue weighted by atomic mass is 79.9. The lowest BCUT2D eigenvalue weighted by Crippen LogP contribution is -2.51. The van der Waals surface area contributed by atoms with E-state index < -0.39 is 0 Å². The van der Waals surface area contributed by atoms with Gasteiger partial charge in [-0.3, -0.25) is 9.69 Å². The number of anilines is 2. The van der Waals surface area contributed by atoms with Crippen molar-refractivity contribution in [1.82, 2.24) is 15.1 Å². The largest absolute Gasteiger partial charge is 0.411 e. The zero-order valence-electron chi connectivity index (χ0n) is 19.7. The number of benzene rings is 2. The number of piperazine rings is 1. The third kappa shape index (κ3) is 6.26. The fourth-order valence-corrected chi connectivity index (χ4v) is 5.91. The quantitative estimate of drug-likeness (QED) is 0.375. The average molecular weight is 557 g/mol. The van der Waals surface area contributed by atoms with Crippen LogP contribution in [0, 0.1) is 0 Å². The lowest BCUT2D eigenvalue weighted by Gasteiger charge is -2.42. The van der Waals surface area contributed by atoms with E-state index in [1.165, 1.54) is 43.9 Å². The molecule has 184 valence electrons. The number of para-hydroxylation sites is 2. The molecule has 2 aromatic carbocycles. The summed E-state index contributed by atoms with van der Waals surface area (Å²) in [7, 11) is 0. The summed E-state index contributed by atoms with van der Waals surface area (Å²) < 4.78 is 6.67. The molecule has 1 aromatic heterocycles. The molecule has 1 aliphatic carbocycles. The molecule has 1 N–H and O–H groups in total. The predicted molar refractivity (Wildman–Crippen MR) is 144 cm³/mol. The normalized spacial score (nSPS) is 17.5. The molecule has 0 atom stereocenters. The number of thioether (sulfide) groups is 1. The van der Waals surface area contributed by atoms with Crippen molar-refractivity contribution in [2.24, 2.45) is 0 Å². The maximum atomic E-state index is 12.7. The monoisotopic (exact) mass is 555 g/mol. The van der Waals surface area contributed by atoms with Crippen LogP contribution < -0.4 is 10.2 Å². The topological polar surface area (TPSA) is 74.5 Å². The summed E-state index contributed by atoms with van der Waals surface area (Å²) in [5.74, 6) is 0.543. The molecule has 5 rings (SSSR count). The molecule has 0 spiro atoms. The zero-order chi connectivity index (χ0) is 24.0. The molecule has 7 nitrogen and oxygen atoms in total. The summed E-state index contributed by atoms with van der Waals surface area (Å²) in [6.07, 6.45) is 6.81. The van der Waals surface area contributed by atoms with Crippen LogP contribution >= 0.6 is 27.7 Å². The maximum absolute atomic E-state index is 12.7. The van der Waals surface area contributed by atoms with Crippen molar-refractivity contribution in [1.29, 1.82) is 0 Å². The van der Waals surface area contributed by atoms with Crippen LogP contribution in [0.2, 0.25) is 0 Å². The number of carbonyl (C=O) groups is 1. The van der Waals surface area contributed by atoms with Crippen LogP contribution in [0.1, 0.15) is 32.1 Å². The second-order valence-electron chi connectivity index (χ2n) is 9.05. The molecule has 1 saturated heterocycles. The second kappa shape index (κ2) is 11.6. The van der Waals surface area contributed by atoms with Crippen molar-refractivity contribution < 1.29 is 9.21 Å². The highest BCUT2D eigenvalue weighted by Crippen LogP contribution is 2.30. The van der Waals surface area contributed by atoms with Gasteiger partial charge in [-0.25, -0.2) is 0 Å². The van der Waals surface area contributed by atoms with Crippen LogP contribution in [0.3, 0.4) is 0 Å². The van der Waals surface area contributed by atoms with Gasteiger partial charge < -0.3 is 14.6 Å². The molecule has 3 aromatic rings. The lowest BCUT2D eigenvalue weighted by atomic mass is 9.94. The number of aromatic nitrogens is 2. The number of nitrogens with one attached hydrogen (secondary N) is 1. The number of hydrogen-bond acceptors (Lipinski definition) is 7. The summed E-state index contributed by atoms with van der Waals surface area (Å²) in [5, 5.41) is 11.6. The highest BCUT2D eigenvalue weighted by Gasteiger charge is 2.26. The minimum atomic E-state index is -0.0921. The standard InChI is InChI=1S/C26H30BrN5O2S/c27-20-8-6-7-19(17-20)25-29-30-26(34-25)35-18-24(33)28-22-11-4-5-12-23(22)32-15-13-31(14-16-32)21-9-2-1-3-10-21/h4-8,11-12,17,21H,1-3,9-10,13-16,18H2,(H,28,33). The van der Waals surface area contributed by atoms with Gasteiger partial charge in [-0.15, -0.1) is 10.2 Å². The van der Waals surface area contributed by atoms with Gasteiger partial charge in [-0.05, 0) is 43.2 Å². The molecule has 0 radical (unpaired) electrons. The number of carbonyl (C=O) groups excluding carboxylic acids is 1. The first kappa shape index (κ1) is 24.3. The van der Waals surface area contributed by atoms with E-state index in [1.54, 1.807) is 0 Å². The minimum Gasteiger partial charge on any atom is -0.411 e. The molecular weight excluding hydrogens is 526 g/mol. The Bertz CT molecular complexity index is 1140. The number of nitrogens with zero attached hydrogens (tertiary/aromatic N) is 4. The van der Waals surface area contributed by atoms with Gasteiger partial charge in [-0.1, -0.05) is 65.2 Å². The summed E-state index contributed by atoms with van der Waals surface area (Å²) in [6, 6.07) is 16.5. The van der Waals surface area contributed by atoms with Gasteiger partial charge in [0.05, 0.1) is 17.1 Å². The Balaban J connectivity index is 1.15. The Kier molecular flexibility index (Phi) is 8.06. The fraction of sp³-hybridized carbons (Fsp3) is 0.423. The van der Waals surface area contributed by atoms with E-state index >= 15 is 0 Å². The summed E-state index contributed by atoms with van der Waals surface area (Å²) >= 11 is 4.69. The first-order valence-corrected chi connectivity index (χ1v) is 14.0. The van der Waals surface area contributed by atoms with Crippen LogP contribution in [0.4, 0.5) is 11.4 Å². The van der Waals surface area contributed by atoms with Crippen LogP contribution in [0.25, 0.3) is 11.5 Å². The predicted octanol–water partition coefficient (Wildman–Crippen LogP) is 5.68. The SMILES string of the molecule is O=C(CSc1nnc(-c2cccc(Br)c2)o1)Nc1ccccc1N1CCN(C2CCCCC2)CC1. The van der Waals surface area contributed by atoms with Gasteiger partial charge in [0.25, 0.3) is 5.22 Å². The summed E-state index contributed by atoms with van der Waals surface area (Å²) in [5.41, 5.74) is 2.77. The Morgan fingerprint density at radius 3 is 2.63 bits per heavy atom. The third-order valence-electron chi connectivity index (χ3n) is 6.73. The van der Waals surface area contributed by atoms with Crippen molar-refractivity contribution in [3.63, 3.8) is 0 Å². The molecule has 1 aliphatic heterocycles. The van der Waals surface area contributed by atoms with Gasteiger partial charge >= 0.3 is 0 Å². The molecule has 2 heterocycles. The fourth-order valence-electron chi connectivity index (χ4n) is 4.95. The van der Waals surface area contributed by atoms with E-state index in [1.807, 2.05) is 42.5 Å². The van der Waals surface area contributed by atoms with Gasteiger partial charge in [0.15, 0.2) is 0 Å². The highest BCUT2D eigenvalue weighted by molar-refractivity contribution is 9.10. The Hall–Kier alpha value is -2.36. The van der Waals surface area contributed by atoms with Gasteiger partial charge in [0.2, 0.25) is 11.8 Å².